The fourth-order valence-corrected chi connectivity index (χ4v) is 4.95. The predicted octanol–water partition coefficient (Wildman–Crippen LogP) is 3.97. The Morgan fingerprint density at radius 1 is 1.13 bits per heavy atom. The first-order valence-electron chi connectivity index (χ1n) is 10.1. The molecule has 30 heavy (non-hydrogen) atoms. The Kier molecular flexibility index (Phi) is 7.10. The van der Waals surface area contributed by atoms with Crippen LogP contribution in [0.1, 0.15) is 38.7 Å². The second kappa shape index (κ2) is 9.57. The van der Waals surface area contributed by atoms with E-state index in [1.54, 1.807) is 12.1 Å². The van der Waals surface area contributed by atoms with Gasteiger partial charge < -0.3 is 10.1 Å². The molecule has 1 amide bonds. The number of amides is 1. The summed E-state index contributed by atoms with van der Waals surface area (Å²) < 4.78 is 46.7. The Bertz CT molecular complexity index is 1000. The van der Waals surface area contributed by atoms with Gasteiger partial charge in [0.25, 0.3) is 0 Å². The Balaban J connectivity index is 1.86. The molecule has 162 valence electrons. The Morgan fingerprint density at radius 2 is 1.87 bits per heavy atom. The fourth-order valence-electron chi connectivity index (χ4n) is 3.40. The normalized spacial score (nSPS) is 15.2. The lowest BCUT2D eigenvalue weighted by Crippen LogP contribution is -2.35. The summed E-state index contributed by atoms with van der Waals surface area (Å²) in [6.45, 7) is 4.68. The summed E-state index contributed by atoms with van der Waals surface area (Å²) in [5.41, 5.74) is 0.805. The minimum Gasteiger partial charge on any atom is -0.489 e. The van der Waals surface area contributed by atoms with Gasteiger partial charge in [0.2, 0.25) is 15.9 Å². The first-order valence-corrected chi connectivity index (χ1v) is 11.5. The van der Waals surface area contributed by atoms with E-state index < -0.39 is 15.8 Å². The summed E-state index contributed by atoms with van der Waals surface area (Å²) >= 11 is 0. The second-order valence-corrected chi connectivity index (χ2v) is 9.58. The highest BCUT2D eigenvalue weighted by Crippen LogP contribution is 2.31. The number of hydrogen-bond acceptors (Lipinski definition) is 4. The van der Waals surface area contributed by atoms with Crippen LogP contribution in [0.4, 0.5) is 10.1 Å². The summed E-state index contributed by atoms with van der Waals surface area (Å²) in [6, 6.07) is 10.3. The smallest absolute Gasteiger partial charge is 0.243 e. The van der Waals surface area contributed by atoms with Crippen LogP contribution in [0.15, 0.2) is 47.4 Å². The van der Waals surface area contributed by atoms with Gasteiger partial charge in [-0.1, -0.05) is 18.6 Å². The lowest BCUT2D eigenvalue weighted by Gasteiger charge is -2.26. The van der Waals surface area contributed by atoms with Crippen molar-refractivity contribution in [3.8, 4) is 5.75 Å². The molecule has 1 heterocycles. The van der Waals surface area contributed by atoms with Crippen LogP contribution < -0.4 is 10.1 Å². The van der Waals surface area contributed by atoms with E-state index in [9.17, 15) is 17.6 Å². The van der Waals surface area contributed by atoms with Crippen LogP contribution in [-0.4, -0.2) is 37.8 Å². The van der Waals surface area contributed by atoms with E-state index >= 15 is 0 Å². The quantitative estimate of drug-likeness (QED) is 0.716. The number of nitrogens with zero attached hydrogens (tertiary/aromatic N) is 1. The van der Waals surface area contributed by atoms with Crippen LogP contribution in [0.5, 0.6) is 5.75 Å². The lowest BCUT2D eigenvalue weighted by atomic mass is 10.1. The summed E-state index contributed by atoms with van der Waals surface area (Å²) in [6.07, 6.45) is 2.50. The van der Waals surface area contributed by atoms with Gasteiger partial charge in [0.15, 0.2) is 0 Å². The molecule has 1 N–H and O–H groups in total. The SMILES string of the molecule is CC(C)Oc1ccc(S(=O)(=O)N2CCCCC2)cc1NC(=O)Cc1cccc(F)c1. The van der Waals surface area contributed by atoms with E-state index in [4.69, 9.17) is 4.74 Å². The number of piperidine rings is 1. The van der Waals surface area contributed by atoms with Crippen LogP contribution in [-0.2, 0) is 21.2 Å². The zero-order valence-electron chi connectivity index (χ0n) is 17.2. The maximum absolute atomic E-state index is 13.4. The van der Waals surface area contributed by atoms with Gasteiger partial charge in [-0.2, -0.15) is 4.31 Å². The predicted molar refractivity (Wildman–Crippen MR) is 114 cm³/mol. The molecule has 6 nitrogen and oxygen atoms in total. The zero-order valence-corrected chi connectivity index (χ0v) is 18.0. The number of anilines is 1. The van der Waals surface area contributed by atoms with Crippen LogP contribution in [0.2, 0.25) is 0 Å². The average Bonchev–Trinajstić information content (AvgIpc) is 2.69. The summed E-state index contributed by atoms with van der Waals surface area (Å²) in [7, 11) is -3.65. The molecular weight excluding hydrogens is 407 g/mol. The molecular formula is C22H27FN2O4S. The van der Waals surface area contributed by atoms with Crippen molar-refractivity contribution in [2.24, 2.45) is 0 Å². The number of ether oxygens (including phenoxy) is 1. The Morgan fingerprint density at radius 3 is 2.53 bits per heavy atom. The van der Waals surface area contributed by atoms with Crippen molar-refractivity contribution in [2.45, 2.75) is 50.5 Å². The third-order valence-corrected chi connectivity index (χ3v) is 6.69. The van der Waals surface area contributed by atoms with Gasteiger partial charge in [0.1, 0.15) is 11.6 Å². The van der Waals surface area contributed by atoms with Crippen molar-refractivity contribution in [3.63, 3.8) is 0 Å². The highest BCUT2D eigenvalue weighted by atomic mass is 32.2. The highest BCUT2D eigenvalue weighted by molar-refractivity contribution is 7.89. The zero-order chi connectivity index (χ0) is 21.7. The molecule has 0 aliphatic carbocycles. The van der Waals surface area contributed by atoms with Crippen molar-refractivity contribution in [1.82, 2.24) is 4.31 Å². The third-order valence-electron chi connectivity index (χ3n) is 4.79. The van der Waals surface area contributed by atoms with E-state index in [1.807, 2.05) is 13.8 Å². The molecule has 0 spiro atoms. The van der Waals surface area contributed by atoms with E-state index in [2.05, 4.69) is 5.32 Å². The van der Waals surface area contributed by atoms with E-state index in [0.29, 0.717) is 24.4 Å². The average molecular weight is 435 g/mol. The number of hydrogen-bond donors (Lipinski definition) is 1. The maximum atomic E-state index is 13.4. The molecule has 1 aliphatic heterocycles. The van der Waals surface area contributed by atoms with Crippen molar-refractivity contribution in [2.75, 3.05) is 18.4 Å². The monoisotopic (exact) mass is 434 g/mol. The largest absolute Gasteiger partial charge is 0.489 e. The van der Waals surface area contributed by atoms with Crippen molar-refractivity contribution in [3.05, 3.63) is 53.8 Å². The van der Waals surface area contributed by atoms with Gasteiger partial charge in [-0.25, -0.2) is 12.8 Å². The standard InChI is InChI=1S/C22H27FN2O4S/c1-16(2)29-21-10-9-19(30(27,28)25-11-4-3-5-12-25)15-20(21)24-22(26)14-17-7-6-8-18(23)13-17/h6-10,13,15-16H,3-5,11-12,14H2,1-2H3,(H,24,26). The van der Waals surface area contributed by atoms with Crippen LogP contribution >= 0.6 is 0 Å². The third kappa shape index (κ3) is 5.58. The van der Waals surface area contributed by atoms with Gasteiger partial charge in [0, 0.05) is 13.1 Å². The Hall–Kier alpha value is -2.45. The number of carbonyl (C=O) groups is 1. The molecule has 0 atom stereocenters. The summed E-state index contributed by atoms with van der Waals surface area (Å²) in [4.78, 5) is 12.7. The van der Waals surface area contributed by atoms with Crippen LogP contribution in [0.3, 0.4) is 0 Å². The number of benzene rings is 2. The van der Waals surface area contributed by atoms with Gasteiger partial charge in [-0.3, -0.25) is 4.79 Å². The van der Waals surface area contributed by atoms with E-state index in [1.165, 1.54) is 34.6 Å². The van der Waals surface area contributed by atoms with Crippen molar-refractivity contribution >= 4 is 21.6 Å². The molecule has 0 aromatic heterocycles. The van der Waals surface area contributed by atoms with E-state index in [0.717, 1.165) is 19.3 Å². The molecule has 3 rings (SSSR count). The van der Waals surface area contributed by atoms with Gasteiger partial charge >= 0.3 is 0 Å². The molecule has 0 saturated carbocycles. The Labute approximate surface area is 177 Å². The van der Waals surface area contributed by atoms with Gasteiger partial charge in [-0.05, 0) is 62.6 Å². The molecule has 1 aliphatic rings. The van der Waals surface area contributed by atoms with E-state index in [-0.39, 0.29) is 29.0 Å². The molecule has 1 saturated heterocycles. The van der Waals surface area contributed by atoms with Crippen LogP contribution in [0, 0.1) is 5.82 Å². The minimum absolute atomic E-state index is 0.0397. The molecule has 2 aromatic rings. The molecule has 0 unspecified atom stereocenters. The van der Waals surface area contributed by atoms with Crippen molar-refractivity contribution in [1.29, 1.82) is 0 Å². The lowest BCUT2D eigenvalue weighted by molar-refractivity contribution is -0.115. The molecule has 0 radical (unpaired) electrons. The van der Waals surface area contributed by atoms with Crippen LogP contribution in [0.25, 0.3) is 0 Å². The summed E-state index contributed by atoms with van der Waals surface area (Å²) in [5, 5.41) is 2.73. The first kappa shape index (κ1) is 22.2. The number of nitrogens with one attached hydrogen (secondary N) is 1. The van der Waals surface area contributed by atoms with Gasteiger partial charge in [0.05, 0.1) is 23.1 Å². The first-order chi connectivity index (χ1) is 14.3. The fraction of sp³-hybridized carbons (Fsp3) is 0.409. The second-order valence-electron chi connectivity index (χ2n) is 7.64. The summed E-state index contributed by atoms with van der Waals surface area (Å²) in [5.74, 6) is -0.421. The maximum Gasteiger partial charge on any atom is 0.243 e. The van der Waals surface area contributed by atoms with Crippen molar-refractivity contribution < 1.29 is 22.3 Å². The molecule has 0 bridgehead atoms. The number of sulfonamides is 1. The van der Waals surface area contributed by atoms with Gasteiger partial charge in [-0.15, -0.1) is 0 Å². The number of rotatable bonds is 7. The highest BCUT2D eigenvalue weighted by Gasteiger charge is 2.27. The molecule has 2 aromatic carbocycles. The number of carbonyl (C=O) groups excluding carboxylic acids is 1. The topological polar surface area (TPSA) is 75.7 Å². The number of halogens is 1. The molecule has 1 fully saturated rings. The minimum atomic E-state index is -3.65. The molecule has 8 heteroatoms.